The molecule has 2 rings (SSSR count). The Morgan fingerprint density at radius 3 is 2.94 bits per heavy atom. The van der Waals surface area contributed by atoms with Gasteiger partial charge < -0.3 is 4.74 Å². The lowest BCUT2D eigenvalue weighted by Crippen LogP contribution is -2.43. The largest absolute Gasteiger partial charge is 0.381 e. The second kappa shape index (κ2) is 5.78. The van der Waals surface area contributed by atoms with Crippen molar-refractivity contribution in [1.29, 1.82) is 0 Å². The van der Waals surface area contributed by atoms with Gasteiger partial charge in [-0.25, -0.2) is 0 Å². The van der Waals surface area contributed by atoms with Crippen molar-refractivity contribution in [2.45, 2.75) is 45.1 Å². The van der Waals surface area contributed by atoms with Crippen LogP contribution < -0.4 is 0 Å². The van der Waals surface area contributed by atoms with Gasteiger partial charge in [0.1, 0.15) is 0 Å². The predicted molar refractivity (Wildman–Crippen MR) is 63.4 cm³/mol. The van der Waals surface area contributed by atoms with Gasteiger partial charge in [-0.1, -0.05) is 13.3 Å². The molecular weight excluding hydrogens is 202 g/mol. The molecule has 3 nitrogen and oxygen atoms in total. The van der Waals surface area contributed by atoms with Crippen LogP contribution in [0, 0.1) is 5.92 Å². The molecule has 16 heavy (non-hydrogen) atoms. The molecule has 0 aromatic rings. The lowest BCUT2D eigenvalue weighted by Gasteiger charge is -2.35. The highest BCUT2D eigenvalue weighted by Gasteiger charge is 2.28. The van der Waals surface area contributed by atoms with Gasteiger partial charge in [0.2, 0.25) is 0 Å². The van der Waals surface area contributed by atoms with Crippen LogP contribution in [0.4, 0.5) is 0 Å². The van der Waals surface area contributed by atoms with Gasteiger partial charge in [0.15, 0.2) is 5.78 Å². The van der Waals surface area contributed by atoms with Gasteiger partial charge in [0.05, 0.1) is 13.2 Å². The first-order valence-corrected chi connectivity index (χ1v) is 6.65. The van der Waals surface area contributed by atoms with Crippen molar-refractivity contribution in [3.8, 4) is 0 Å². The van der Waals surface area contributed by atoms with E-state index in [1.54, 1.807) is 0 Å². The molecule has 2 saturated heterocycles. The minimum atomic E-state index is 0.180. The number of piperidine rings is 1. The van der Waals surface area contributed by atoms with Gasteiger partial charge in [0, 0.05) is 18.6 Å². The van der Waals surface area contributed by atoms with Crippen molar-refractivity contribution in [3.63, 3.8) is 0 Å². The fraction of sp³-hybridized carbons (Fsp3) is 0.923. The topological polar surface area (TPSA) is 29.5 Å². The van der Waals surface area contributed by atoms with E-state index >= 15 is 0 Å². The lowest BCUT2D eigenvalue weighted by atomic mass is 9.97. The molecule has 0 aliphatic carbocycles. The van der Waals surface area contributed by atoms with E-state index in [1.807, 2.05) is 0 Å². The summed E-state index contributed by atoms with van der Waals surface area (Å²) in [5.74, 6) is 0.581. The molecule has 0 aromatic carbocycles. The number of hydrogen-bond donors (Lipinski definition) is 0. The zero-order chi connectivity index (χ0) is 11.4. The first-order valence-electron chi connectivity index (χ1n) is 6.65. The first-order chi connectivity index (χ1) is 7.81. The Morgan fingerprint density at radius 2 is 2.25 bits per heavy atom. The van der Waals surface area contributed by atoms with E-state index < -0.39 is 0 Å². The Balaban J connectivity index is 1.84. The molecule has 2 unspecified atom stereocenters. The molecular formula is C13H23NO2. The van der Waals surface area contributed by atoms with E-state index in [0.717, 1.165) is 19.6 Å². The zero-order valence-electron chi connectivity index (χ0n) is 10.3. The maximum absolute atomic E-state index is 12.1. The average Bonchev–Trinajstić information content (AvgIpc) is 2.83. The summed E-state index contributed by atoms with van der Waals surface area (Å²) in [6, 6.07) is 0.639. The third-order valence-electron chi connectivity index (χ3n) is 3.96. The van der Waals surface area contributed by atoms with Crippen LogP contribution in [0.5, 0.6) is 0 Å². The predicted octanol–water partition coefficient (Wildman–Crippen LogP) is 1.86. The van der Waals surface area contributed by atoms with Crippen molar-refractivity contribution in [3.05, 3.63) is 0 Å². The minimum absolute atomic E-state index is 0.180. The summed E-state index contributed by atoms with van der Waals surface area (Å²) in [6.07, 6.45) is 5.96. The number of carbonyl (C=O) groups is 1. The van der Waals surface area contributed by atoms with Crippen LogP contribution in [-0.4, -0.2) is 43.0 Å². The molecule has 2 atom stereocenters. The fourth-order valence-corrected chi connectivity index (χ4v) is 2.85. The number of likely N-dealkylation sites (tertiary alicyclic amines) is 1. The van der Waals surface area contributed by atoms with E-state index in [4.69, 9.17) is 4.74 Å². The first kappa shape index (κ1) is 12.1. The van der Waals surface area contributed by atoms with Crippen LogP contribution in [0.1, 0.15) is 39.0 Å². The molecule has 2 aliphatic heterocycles. The number of Topliss-reactive ketones (excluding diaryl/α,β-unsaturated/α-hetero) is 1. The fourth-order valence-electron chi connectivity index (χ4n) is 2.85. The molecule has 0 spiro atoms. The number of ketones is 1. The Kier molecular flexibility index (Phi) is 4.36. The van der Waals surface area contributed by atoms with E-state index in [1.165, 1.54) is 25.7 Å². The second-order valence-electron chi connectivity index (χ2n) is 5.06. The van der Waals surface area contributed by atoms with E-state index in [2.05, 4.69) is 11.8 Å². The summed E-state index contributed by atoms with van der Waals surface area (Å²) in [5, 5.41) is 0. The molecule has 2 aliphatic rings. The van der Waals surface area contributed by atoms with Crippen molar-refractivity contribution in [2.75, 3.05) is 26.3 Å². The van der Waals surface area contributed by atoms with E-state index in [0.29, 0.717) is 25.0 Å². The Labute approximate surface area is 98.1 Å². The standard InChI is InChI=1S/C13H23NO2/c1-2-12-5-3-4-7-14(12)9-13(15)11-6-8-16-10-11/h11-12H,2-10H2,1H3. The summed E-state index contributed by atoms with van der Waals surface area (Å²) in [6.45, 7) is 5.42. The van der Waals surface area contributed by atoms with Crippen LogP contribution in [0.25, 0.3) is 0 Å². The molecule has 0 amide bonds. The summed E-state index contributed by atoms with van der Waals surface area (Å²) < 4.78 is 5.28. The number of rotatable bonds is 4. The quantitative estimate of drug-likeness (QED) is 0.731. The van der Waals surface area contributed by atoms with Crippen LogP contribution in [0.3, 0.4) is 0 Å². The Hall–Kier alpha value is -0.410. The van der Waals surface area contributed by atoms with Gasteiger partial charge in [-0.3, -0.25) is 9.69 Å². The highest BCUT2D eigenvalue weighted by molar-refractivity contribution is 5.83. The SMILES string of the molecule is CCC1CCCCN1CC(=O)C1CCOC1. The normalized spacial score (nSPS) is 31.8. The zero-order valence-corrected chi connectivity index (χ0v) is 10.3. The molecule has 0 saturated carbocycles. The van der Waals surface area contributed by atoms with Crippen LogP contribution in [0.15, 0.2) is 0 Å². The van der Waals surface area contributed by atoms with Gasteiger partial charge in [-0.05, 0) is 32.2 Å². The molecule has 92 valence electrons. The van der Waals surface area contributed by atoms with E-state index in [-0.39, 0.29) is 5.92 Å². The van der Waals surface area contributed by atoms with Crippen LogP contribution >= 0.6 is 0 Å². The van der Waals surface area contributed by atoms with Crippen molar-refractivity contribution in [2.24, 2.45) is 5.92 Å². The molecule has 0 aromatic heterocycles. The Bertz CT molecular complexity index is 236. The number of carbonyl (C=O) groups excluding carboxylic acids is 1. The summed E-state index contributed by atoms with van der Waals surface area (Å²) >= 11 is 0. The van der Waals surface area contributed by atoms with Gasteiger partial charge in [-0.2, -0.15) is 0 Å². The van der Waals surface area contributed by atoms with Crippen molar-refractivity contribution < 1.29 is 9.53 Å². The number of hydrogen-bond acceptors (Lipinski definition) is 3. The third kappa shape index (κ3) is 2.83. The highest BCUT2D eigenvalue weighted by atomic mass is 16.5. The van der Waals surface area contributed by atoms with Gasteiger partial charge >= 0.3 is 0 Å². The minimum Gasteiger partial charge on any atom is -0.381 e. The Morgan fingerprint density at radius 1 is 1.38 bits per heavy atom. The van der Waals surface area contributed by atoms with E-state index in [9.17, 15) is 4.79 Å². The van der Waals surface area contributed by atoms with Crippen LogP contribution in [-0.2, 0) is 9.53 Å². The van der Waals surface area contributed by atoms with Crippen molar-refractivity contribution >= 4 is 5.78 Å². The molecule has 0 bridgehead atoms. The second-order valence-corrected chi connectivity index (χ2v) is 5.06. The lowest BCUT2D eigenvalue weighted by molar-refractivity contribution is -0.124. The van der Waals surface area contributed by atoms with Crippen LogP contribution in [0.2, 0.25) is 0 Å². The molecule has 3 heteroatoms. The highest BCUT2D eigenvalue weighted by Crippen LogP contribution is 2.21. The molecule has 0 N–H and O–H groups in total. The van der Waals surface area contributed by atoms with Gasteiger partial charge in [-0.15, -0.1) is 0 Å². The third-order valence-corrected chi connectivity index (χ3v) is 3.96. The summed E-state index contributed by atoms with van der Waals surface area (Å²) in [7, 11) is 0. The molecule has 2 fully saturated rings. The smallest absolute Gasteiger partial charge is 0.152 e. The molecule has 0 radical (unpaired) electrons. The maximum atomic E-state index is 12.1. The monoisotopic (exact) mass is 225 g/mol. The average molecular weight is 225 g/mol. The maximum Gasteiger partial charge on any atom is 0.152 e. The van der Waals surface area contributed by atoms with Gasteiger partial charge in [0.25, 0.3) is 0 Å². The number of ether oxygens (including phenoxy) is 1. The summed E-state index contributed by atoms with van der Waals surface area (Å²) in [5.41, 5.74) is 0. The number of nitrogens with zero attached hydrogens (tertiary/aromatic N) is 1. The van der Waals surface area contributed by atoms with Crippen molar-refractivity contribution in [1.82, 2.24) is 4.90 Å². The summed E-state index contributed by atoms with van der Waals surface area (Å²) in [4.78, 5) is 14.4. The molecule has 2 heterocycles.